The van der Waals surface area contributed by atoms with Crippen molar-refractivity contribution in [3.63, 3.8) is 0 Å². The van der Waals surface area contributed by atoms with Gasteiger partial charge in [-0.3, -0.25) is 4.79 Å². The van der Waals surface area contributed by atoms with E-state index in [9.17, 15) is 14.7 Å². The van der Waals surface area contributed by atoms with Crippen molar-refractivity contribution >= 4 is 29.1 Å². The third-order valence-corrected chi connectivity index (χ3v) is 5.17. The Morgan fingerprint density at radius 2 is 1.84 bits per heavy atom. The first-order valence-electron chi connectivity index (χ1n) is 9.70. The Morgan fingerprint density at radius 1 is 1.06 bits per heavy atom. The Balaban J connectivity index is 1.55. The topological polar surface area (TPSA) is 96.8 Å². The summed E-state index contributed by atoms with van der Waals surface area (Å²) < 4.78 is 7.58. The lowest BCUT2D eigenvalue weighted by Crippen LogP contribution is -2.16. The summed E-state index contributed by atoms with van der Waals surface area (Å²) in [4.78, 5) is 23.5. The van der Waals surface area contributed by atoms with E-state index in [0.717, 1.165) is 33.6 Å². The van der Waals surface area contributed by atoms with Gasteiger partial charge >= 0.3 is 11.9 Å². The van der Waals surface area contributed by atoms with E-state index >= 15 is 0 Å². The number of para-hydroxylation sites is 1. The van der Waals surface area contributed by atoms with E-state index < -0.39 is 11.9 Å². The summed E-state index contributed by atoms with van der Waals surface area (Å²) in [5.41, 5.74) is 7.86. The average Bonchev–Trinajstić information content (AvgIpc) is 3.29. The van der Waals surface area contributed by atoms with Crippen LogP contribution in [0, 0.1) is 20.8 Å². The van der Waals surface area contributed by atoms with Crippen molar-refractivity contribution in [2.24, 2.45) is 5.10 Å². The van der Waals surface area contributed by atoms with Gasteiger partial charge in [-0.2, -0.15) is 5.10 Å². The van der Waals surface area contributed by atoms with Crippen LogP contribution in [0.25, 0.3) is 16.7 Å². The molecule has 0 aliphatic heterocycles. The van der Waals surface area contributed by atoms with E-state index in [4.69, 9.17) is 4.42 Å². The summed E-state index contributed by atoms with van der Waals surface area (Å²) in [6.07, 6.45) is 1.58. The molecule has 0 unspecified atom stereocenters. The molecule has 156 valence electrons. The van der Waals surface area contributed by atoms with Gasteiger partial charge in [-0.15, -0.1) is 0 Å². The summed E-state index contributed by atoms with van der Waals surface area (Å²) in [5, 5.41) is 14.1. The van der Waals surface area contributed by atoms with Crippen LogP contribution in [-0.4, -0.2) is 27.8 Å². The van der Waals surface area contributed by atoms with Crippen LogP contribution < -0.4 is 5.43 Å². The standard InChI is InChI=1S/C24H21N3O4/c1-14-10-18(24(29)30)8-9-20(14)27-15(2)11-19(16(27)3)13-25-26-23(28)22-12-17-6-4-5-7-21(17)31-22/h4-13H,1-3H3,(H,26,28)(H,29,30). The van der Waals surface area contributed by atoms with Gasteiger partial charge in [0.25, 0.3) is 0 Å². The predicted octanol–water partition coefficient (Wildman–Crippen LogP) is 4.61. The minimum absolute atomic E-state index is 0.193. The lowest BCUT2D eigenvalue weighted by Gasteiger charge is -2.13. The molecular weight excluding hydrogens is 394 g/mol. The van der Waals surface area contributed by atoms with Crippen molar-refractivity contribution in [3.8, 4) is 5.69 Å². The molecule has 2 heterocycles. The summed E-state index contributed by atoms with van der Waals surface area (Å²) in [6, 6.07) is 16.1. The largest absolute Gasteiger partial charge is 0.478 e. The average molecular weight is 415 g/mol. The lowest BCUT2D eigenvalue weighted by atomic mass is 10.1. The highest BCUT2D eigenvalue weighted by Crippen LogP contribution is 2.23. The van der Waals surface area contributed by atoms with Crippen LogP contribution in [0.2, 0.25) is 0 Å². The van der Waals surface area contributed by atoms with Gasteiger partial charge < -0.3 is 14.1 Å². The normalized spacial score (nSPS) is 11.3. The van der Waals surface area contributed by atoms with Gasteiger partial charge in [-0.25, -0.2) is 10.2 Å². The first-order valence-corrected chi connectivity index (χ1v) is 9.70. The number of amides is 1. The van der Waals surface area contributed by atoms with E-state index in [2.05, 4.69) is 10.5 Å². The van der Waals surface area contributed by atoms with Crippen LogP contribution in [-0.2, 0) is 0 Å². The molecular formula is C24H21N3O4. The molecule has 7 nitrogen and oxygen atoms in total. The van der Waals surface area contributed by atoms with Crippen molar-refractivity contribution in [3.05, 3.63) is 88.4 Å². The summed E-state index contributed by atoms with van der Waals surface area (Å²) in [5.74, 6) is -1.19. The zero-order chi connectivity index (χ0) is 22.1. The molecule has 4 rings (SSSR count). The second-order valence-corrected chi connectivity index (χ2v) is 7.32. The van der Waals surface area contributed by atoms with Gasteiger partial charge in [0.2, 0.25) is 0 Å². The Kier molecular flexibility index (Phi) is 5.17. The minimum atomic E-state index is -0.955. The van der Waals surface area contributed by atoms with E-state index in [1.54, 1.807) is 36.5 Å². The highest BCUT2D eigenvalue weighted by molar-refractivity contribution is 5.96. The Morgan fingerprint density at radius 3 is 2.55 bits per heavy atom. The highest BCUT2D eigenvalue weighted by atomic mass is 16.4. The first-order chi connectivity index (χ1) is 14.8. The smallest absolute Gasteiger partial charge is 0.335 e. The molecule has 0 aliphatic rings. The Bertz CT molecular complexity index is 1310. The Labute approximate surface area is 178 Å². The SMILES string of the molecule is Cc1cc(C(=O)O)ccc1-n1c(C)cc(C=NNC(=O)c2cc3ccccc3o2)c1C. The quantitative estimate of drug-likeness (QED) is 0.367. The van der Waals surface area contributed by atoms with Crippen LogP contribution >= 0.6 is 0 Å². The number of carboxylic acids is 1. The van der Waals surface area contributed by atoms with Gasteiger partial charge in [0.1, 0.15) is 5.58 Å². The number of hydrazone groups is 1. The van der Waals surface area contributed by atoms with Gasteiger partial charge in [-0.1, -0.05) is 18.2 Å². The lowest BCUT2D eigenvalue weighted by molar-refractivity contribution is 0.0696. The molecule has 0 saturated carbocycles. The van der Waals surface area contributed by atoms with E-state index in [1.165, 1.54) is 0 Å². The number of carbonyl (C=O) groups is 2. The fourth-order valence-electron chi connectivity index (χ4n) is 3.64. The minimum Gasteiger partial charge on any atom is -0.478 e. The number of hydrogen-bond acceptors (Lipinski definition) is 4. The molecule has 1 amide bonds. The van der Waals surface area contributed by atoms with E-state index in [1.807, 2.05) is 49.6 Å². The number of carbonyl (C=O) groups excluding carboxylic acids is 1. The van der Waals surface area contributed by atoms with Crippen LogP contribution in [0.5, 0.6) is 0 Å². The number of benzene rings is 2. The molecule has 0 bridgehead atoms. The number of aryl methyl sites for hydroxylation is 2. The number of nitrogens with zero attached hydrogens (tertiary/aromatic N) is 2. The highest BCUT2D eigenvalue weighted by Gasteiger charge is 2.14. The third kappa shape index (κ3) is 3.85. The molecule has 2 aromatic carbocycles. The van der Waals surface area contributed by atoms with Crippen molar-refractivity contribution in [1.29, 1.82) is 0 Å². The number of nitrogens with one attached hydrogen (secondary N) is 1. The molecule has 0 aliphatic carbocycles. The molecule has 0 atom stereocenters. The summed E-state index contributed by atoms with van der Waals surface area (Å²) in [7, 11) is 0. The second kappa shape index (κ2) is 7.95. The molecule has 31 heavy (non-hydrogen) atoms. The number of aromatic carboxylic acids is 1. The maximum Gasteiger partial charge on any atom is 0.335 e. The maximum atomic E-state index is 12.3. The molecule has 2 N–H and O–H groups in total. The maximum absolute atomic E-state index is 12.3. The first kappa shape index (κ1) is 20.2. The fourth-order valence-corrected chi connectivity index (χ4v) is 3.64. The van der Waals surface area contributed by atoms with Gasteiger partial charge in [-0.05, 0) is 62.7 Å². The van der Waals surface area contributed by atoms with Crippen molar-refractivity contribution < 1.29 is 19.1 Å². The number of hydrogen-bond donors (Lipinski definition) is 2. The molecule has 7 heteroatoms. The van der Waals surface area contributed by atoms with Crippen molar-refractivity contribution in [1.82, 2.24) is 9.99 Å². The fraction of sp³-hybridized carbons (Fsp3) is 0.125. The molecule has 4 aromatic rings. The summed E-state index contributed by atoms with van der Waals surface area (Å²) >= 11 is 0. The number of fused-ring (bicyclic) bond motifs is 1. The number of aromatic nitrogens is 1. The van der Waals surface area contributed by atoms with Crippen LogP contribution in [0.1, 0.15) is 43.4 Å². The monoisotopic (exact) mass is 415 g/mol. The predicted molar refractivity (Wildman–Crippen MR) is 118 cm³/mol. The van der Waals surface area contributed by atoms with Gasteiger partial charge in [0, 0.05) is 28.0 Å². The molecule has 0 saturated heterocycles. The number of carboxylic acid groups (broad SMARTS) is 1. The molecule has 0 radical (unpaired) electrons. The van der Waals surface area contributed by atoms with E-state index in [-0.39, 0.29) is 11.3 Å². The third-order valence-electron chi connectivity index (χ3n) is 5.17. The van der Waals surface area contributed by atoms with Crippen LogP contribution in [0.3, 0.4) is 0 Å². The molecule has 0 fully saturated rings. The zero-order valence-corrected chi connectivity index (χ0v) is 17.3. The number of furan rings is 1. The van der Waals surface area contributed by atoms with Crippen molar-refractivity contribution in [2.45, 2.75) is 20.8 Å². The summed E-state index contributed by atoms with van der Waals surface area (Å²) in [6.45, 7) is 5.78. The number of rotatable bonds is 5. The van der Waals surface area contributed by atoms with Crippen molar-refractivity contribution in [2.75, 3.05) is 0 Å². The van der Waals surface area contributed by atoms with Gasteiger partial charge in [0.15, 0.2) is 5.76 Å². The van der Waals surface area contributed by atoms with Crippen LogP contribution in [0.15, 0.2) is 64.1 Å². The van der Waals surface area contributed by atoms with E-state index in [0.29, 0.717) is 5.58 Å². The molecule has 0 spiro atoms. The second-order valence-electron chi connectivity index (χ2n) is 7.32. The zero-order valence-electron chi connectivity index (χ0n) is 17.3. The Hall–Kier alpha value is -4.13. The van der Waals surface area contributed by atoms with Gasteiger partial charge in [0.05, 0.1) is 11.8 Å². The molecule has 2 aromatic heterocycles. The van der Waals surface area contributed by atoms with Crippen LogP contribution in [0.4, 0.5) is 0 Å².